The van der Waals surface area contributed by atoms with Gasteiger partial charge in [-0.15, -0.1) is 0 Å². The number of nitrogens with two attached hydrogens (primary N) is 1. The molecule has 2 N–H and O–H groups in total. The van der Waals surface area contributed by atoms with Gasteiger partial charge >= 0.3 is 0 Å². The van der Waals surface area contributed by atoms with Crippen LogP contribution in [0.2, 0.25) is 5.02 Å². The Morgan fingerprint density at radius 3 is 2.74 bits per heavy atom. The van der Waals surface area contributed by atoms with Crippen molar-refractivity contribution in [2.45, 2.75) is 4.90 Å². The van der Waals surface area contributed by atoms with Crippen LogP contribution in [0.1, 0.15) is 0 Å². The van der Waals surface area contributed by atoms with E-state index in [0.29, 0.717) is 5.02 Å². The minimum absolute atomic E-state index is 0.120. The number of primary sulfonamides is 1. The van der Waals surface area contributed by atoms with E-state index in [4.69, 9.17) is 21.5 Å². The number of hydrogen-bond acceptors (Lipinski definition) is 4. The molecule has 0 unspecified atom stereocenters. The second-order valence-corrected chi connectivity index (χ2v) is 6.38. The first-order valence-electron chi connectivity index (χ1n) is 4.98. The Morgan fingerprint density at radius 1 is 1.32 bits per heavy atom. The summed E-state index contributed by atoms with van der Waals surface area (Å²) in [4.78, 5) is 3.65. The minimum Gasteiger partial charge on any atom is -0.436 e. The third kappa shape index (κ3) is 3.44. The number of ether oxygens (including phenoxy) is 1. The summed E-state index contributed by atoms with van der Waals surface area (Å²) >= 11 is 9.22. The molecule has 0 bridgehead atoms. The number of halogens is 2. The molecule has 19 heavy (non-hydrogen) atoms. The molecule has 1 aromatic carbocycles. The Labute approximate surface area is 123 Å². The third-order valence-corrected chi connectivity index (χ3v) is 3.87. The van der Waals surface area contributed by atoms with Gasteiger partial charge in [0.25, 0.3) is 0 Å². The molecule has 0 aliphatic rings. The summed E-state index contributed by atoms with van der Waals surface area (Å²) in [6.45, 7) is 0. The van der Waals surface area contributed by atoms with Crippen LogP contribution >= 0.6 is 27.5 Å². The van der Waals surface area contributed by atoms with Gasteiger partial charge in [-0.3, -0.25) is 0 Å². The SMILES string of the molecule is NS(=O)(=O)c1cccnc1Oc1cc(Br)ccc1Cl. The zero-order chi connectivity index (χ0) is 14.0. The van der Waals surface area contributed by atoms with Crippen LogP contribution in [0.3, 0.4) is 0 Å². The van der Waals surface area contributed by atoms with Crippen molar-refractivity contribution in [2.75, 3.05) is 0 Å². The van der Waals surface area contributed by atoms with E-state index in [1.807, 2.05) is 0 Å². The summed E-state index contributed by atoms with van der Waals surface area (Å²) in [6, 6.07) is 7.71. The highest BCUT2D eigenvalue weighted by atomic mass is 79.9. The van der Waals surface area contributed by atoms with Gasteiger partial charge in [-0.05, 0) is 30.3 Å². The van der Waals surface area contributed by atoms with Gasteiger partial charge in [-0.1, -0.05) is 27.5 Å². The van der Waals surface area contributed by atoms with E-state index in [2.05, 4.69) is 20.9 Å². The Hall–Kier alpha value is -1.15. The Kier molecular flexibility index (Phi) is 4.10. The van der Waals surface area contributed by atoms with Crippen molar-refractivity contribution < 1.29 is 13.2 Å². The fraction of sp³-hybridized carbons (Fsp3) is 0. The Balaban J connectivity index is 2.47. The first-order chi connectivity index (χ1) is 8.88. The van der Waals surface area contributed by atoms with Gasteiger partial charge in [0, 0.05) is 10.7 Å². The predicted octanol–water partition coefficient (Wildman–Crippen LogP) is 2.94. The molecule has 100 valence electrons. The van der Waals surface area contributed by atoms with Crippen molar-refractivity contribution in [2.24, 2.45) is 5.14 Å². The molecule has 0 radical (unpaired) electrons. The highest BCUT2D eigenvalue weighted by Gasteiger charge is 2.17. The molecule has 0 atom stereocenters. The molecule has 8 heteroatoms. The van der Waals surface area contributed by atoms with Gasteiger partial charge in [0.05, 0.1) is 5.02 Å². The summed E-state index contributed by atoms with van der Waals surface area (Å²) in [6.07, 6.45) is 1.40. The average molecular weight is 364 g/mol. The molecule has 2 rings (SSSR count). The lowest BCUT2D eigenvalue weighted by Gasteiger charge is -2.09. The van der Waals surface area contributed by atoms with Gasteiger partial charge in [0.15, 0.2) is 0 Å². The van der Waals surface area contributed by atoms with Crippen molar-refractivity contribution in [3.8, 4) is 11.6 Å². The Morgan fingerprint density at radius 2 is 2.05 bits per heavy atom. The fourth-order valence-corrected chi connectivity index (χ4v) is 2.43. The van der Waals surface area contributed by atoms with Crippen molar-refractivity contribution in [3.05, 3.63) is 46.0 Å². The maximum atomic E-state index is 11.4. The smallest absolute Gasteiger partial charge is 0.243 e. The highest BCUT2D eigenvalue weighted by Crippen LogP contribution is 2.33. The summed E-state index contributed by atoms with van der Waals surface area (Å²) in [7, 11) is -3.92. The molecule has 0 fully saturated rings. The molecule has 0 aliphatic carbocycles. The summed E-state index contributed by atoms with van der Waals surface area (Å²) in [5, 5.41) is 5.42. The molecular weight excluding hydrogens is 356 g/mol. The van der Waals surface area contributed by atoms with Gasteiger partial charge < -0.3 is 4.74 Å². The van der Waals surface area contributed by atoms with Gasteiger partial charge in [0.2, 0.25) is 15.9 Å². The molecule has 0 aliphatic heterocycles. The monoisotopic (exact) mass is 362 g/mol. The van der Waals surface area contributed by atoms with Crippen LogP contribution in [0, 0.1) is 0 Å². The first kappa shape index (κ1) is 14.3. The first-order valence-corrected chi connectivity index (χ1v) is 7.70. The maximum absolute atomic E-state index is 11.4. The number of nitrogens with zero attached hydrogens (tertiary/aromatic N) is 1. The van der Waals surface area contributed by atoms with Crippen LogP contribution in [-0.2, 0) is 10.0 Å². The van der Waals surface area contributed by atoms with Crippen molar-refractivity contribution in [1.29, 1.82) is 0 Å². The molecule has 1 heterocycles. The van der Waals surface area contributed by atoms with Crippen LogP contribution in [0.15, 0.2) is 45.9 Å². The van der Waals surface area contributed by atoms with Crippen molar-refractivity contribution in [1.82, 2.24) is 4.98 Å². The highest BCUT2D eigenvalue weighted by molar-refractivity contribution is 9.10. The molecule has 1 aromatic heterocycles. The van der Waals surface area contributed by atoms with Crippen LogP contribution in [-0.4, -0.2) is 13.4 Å². The number of benzene rings is 1. The summed E-state index contributed by atoms with van der Waals surface area (Å²) in [5.74, 6) is 0.157. The molecular formula is C11H8BrClN2O3S. The standard InChI is InChI=1S/C11H8BrClN2O3S/c12-7-3-4-8(13)9(6-7)18-11-10(19(14,16)17)2-1-5-15-11/h1-6H,(H2,14,16,17). The van der Waals surface area contributed by atoms with Gasteiger partial charge in [-0.2, -0.15) is 0 Å². The summed E-state index contributed by atoms with van der Waals surface area (Å²) < 4.78 is 29.0. The zero-order valence-electron chi connectivity index (χ0n) is 9.38. The van der Waals surface area contributed by atoms with Crippen molar-refractivity contribution in [3.63, 3.8) is 0 Å². The lowest BCUT2D eigenvalue weighted by Crippen LogP contribution is -2.13. The molecule has 5 nitrogen and oxygen atoms in total. The van der Waals surface area contributed by atoms with Crippen LogP contribution < -0.4 is 9.88 Å². The van der Waals surface area contributed by atoms with Crippen LogP contribution in [0.25, 0.3) is 0 Å². The average Bonchev–Trinajstić information content (AvgIpc) is 2.33. The lowest BCUT2D eigenvalue weighted by atomic mass is 10.3. The number of hydrogen-bond donors (Lipinski definition) is 1. The Bertz CT molecular complexity index is 722. The second-order valence-electron chi connectivity index (χ2n) is 3.53. The number of pyridine rings is 1. The normalized spacial score (nSPS) is 11.3. The molecule has 0 saturated heterocycles. The van der Waals surface area contributed by atoms with E-state index in [9.17, 15) is 8.42 Å². The van der Waals surface area contributed by atoms with E-state index in [1.165, 1.54) is 18.3 Å². The van der Waals surface area contributed by atoms with Gasteiger partial charge in [-0.25, -0.2) is 18.5 Å². The second kappa shape index (κ2) is 5.46. The molecule has 0 saturated carbocycles. The van der Waals surface area contributed by atoms with Gasteiger partial charge in [0.1, 0.15) is 10.6 Å². The molecule has 0 spiro atoms. The zero-order valence-corrected chi connectivity index (χ0v) is 12.5. The molecule has 0 amide bonds. The quantitative estimate of drug-likeness (QED) is 0.909. The number of sulfonamides is 1. The largest absolute Gasteiger partial charge is 0.436 e. The van der Waals surface area contributed by atoms with E-state index in [-0.39, 0.29) is 16.5 Å². The number of aromatic nitrogens is 1. The topological polar surface area (TPSA) is 82.3 Å². The third-order valence-electron chi connectivity index (χ3n) is 2.14. The van der Waals surface area contributed by atoms with Crippen LogP contribution in [0.4, 0.5) is 0 Å². The van der Waals surface area contributed by atoms with E-state index in [0.717, 1.165) is 4.47 Å². The lowest BCUT2D eigenvalue weighted by molar-refractivity contribution is 0.447. The maximum Gasteiger partial charge on any atom is 0.243 e. The predicted molar refractivity (Wildman–Crippen MR) is 74.8 cm³/mol. The van der Waals surface area contributed by atoms with Crippen LogP contribution in [0.5, 0.6) is 11.6 Å². The van der Waals surface area contributed by atoms with E-state index >= 15 is 0 Å². The molecule has 2 aromatic rings. The number of rotatable bonds is 3. The van der Waals surface area contributed by atoms with E-state index in [1.54, 1.807) is 18.2 Å². The van der Waals surface area contributed by atoms with Crippen molar-refractivity contribution >= 4 is 37.6 Å². The fourth-order valence-electron chi connectivity index (χ4n) is 1.33. The summed E-state index contributed by atoms with van der Waals surface area (Å²) in [5.41, 5.74) is 0. The van der Waals surface area contributed by atoms with E-state index < -0.39 is 10.0 Å². The minimum atomic E-state index is -3.92.